The van der Waals surface area contributed by atoms with Crippen molar-refractivity contribution < 1.29 is 23.1 Å². The van der Waals surface area contributed by atoms with Crippen LogP contribution in [0.1, 0.15) is 24.2 Å². The van der Waals surface area contributed by atoms with Gasteiger partial charge in [-0.25, -0.2) is 4.39 Å². The van der Waals surface area contributed by atoms with Crippen LogP contribution in [0, 0.1) is 5.82 Å². The smallest absolute Gasteiger partial charge is 0.260 e. The molecule has 6 nitrogen and oxygen atoms in total. The van der Waals surface area contributed by atoms with E-state index in [1.165, 1.54) is 35.7 Å². The Morgan fingerprint density at radius 3 is 2.83 bits per heavy atom. The summed E-state index contributed by atoms with van der Waals surface area (Å²) in [4.78, 5) is 25.7. The number of hydrogen-bond acceptors (Lipinski definition) is 4. The molecule has 4 rings (SSSR count). The number of rotatable bonds is 6. The van der Waals surface area contributed by atoms with Crippen molar-refractivity contribution in [2.45, 2.75) is 25.7 Å². The Morgan fingerprint density at radius 2 is 2.00 bits per heavy atom. The van der Waals surface area contributed by atoms with E-state index in [-0.39, 0.29) is 19.1 Å². The van der Waals surface area contributed by atoms with E-state index in [1.54, 1.807) is 12.1 Å². The Balaban J connectivity index is 1.33. The van der Waals surface area contributed by atoms with Gasteiger partial charge >= 0.3 is 0 Å². The lowest BCUT2D eigenvalue weighted by Gasteiger charge is -2.17. The monoisotopic (exact) mass is 410 g/mol. The number of hydrogen-bond donors (Lipinski definition) is 1. The van der Waals surface area contributed by atoms with Crippen LogP contribution in [0.2, 0.25) is 0 Å². The molecule has 0 saturated carbocycles. The van der Waals surface area contributed by atoms with Crippen LogP contribution in [0.4, 0.5) is 10.1 Å². The molecule has 7 heteroatoms. The van der Waals surface area contributed by atoms with E-state index in [0.717, 1.165) is 42.4 Å². The number of aryl methyl sites for hydroxylation is 2. The van der Waals surface area contributed by atoms with Crippen LogP contribution in [0.25, 0.3) is 11.0 Å². The van der Waals surface area contributed by atoms with Crippen molar-refractivity contribution in [2.24, 2.45) is 0 Å². The summed E-state index contributed by atoms with van der Waals surface area (Å²) < 4.78 is 24.8. The number of furan rings is 1. The average Bonchev–Trinajstić information content (AvgIpc) is 3.10. The van der Waals surface area contributed by atoms with Gasteiger partial charge in [0.05, 0.1) is 6.54 Å². The molecule has 0 atom stereocenters. The number of halogens is 1. The third kappa shape index (κ3) is 4.45. The van der Waals surface area contributed by atoms with Crippen molar-refractivity contribution in [3.8, 4) is 5.75 Å². The largest absolute Gasteiger partial charge is 0.484 e. The van der Waals surface area contributed by atoms with Gasteiger partial charge in [0.25, 0.3) is 5.91 Å². The first-order valence-electron chi connectivity index (χ1n) is 9.96. The Labute approximate surface area is 173 Å². The number of carbonyl (C=O) groups is 2. The molecule has 1 aliphatic rings. The molecule has 0 unspecified atom stereocenters. The number of anilines is 1. The van der Waals surface area contributed by atoms with E-state index < -0.39 is 11.7 Å². The molecule has 2 aromatic carbocycles. The highest BCUT2D eigenvalue weighted by molar-refractivity contribution is 5.94. The lowest BCUT2D eigenvalue weighted by molar-refractivity contribution is -0.135. The number of benzene rings is 2. The third-order valence-electron chi connectivity index (χ3n) is 5.20. The maximum absolute atomic E-state index is 13.2. The zero-order valence-electron chi connectivity index (χ0n) is 16.7. The number of ether oxygens (including phenoxy) is 1. The van der Waals surface area contributed by atoms with Gasteiger partial charge in [0.2, 0.25) is 5.91 Å². The molecule has 156 valence electrons. The van der Waals surface area contributed by atoms with Gasteiger partial charge in [0, 0.05) is 30.1 Å². The van der Waals surface area contributed by atoms with Crippen LogP contribution in [-0.4, -0.2) is 36.9 Å². The predicted octanol–water partition coefficient (Wildman–Crippen LogP) is 3.93. The highest BCUT2D eigenvalue weighted by Gasteiger charge is 2.19. The molecule has 0 aliphatic heterocycles. The molecule has 0 bridgehead atoms. The van der Waals surface area contributed by atoms with Crippen molar-refractivity contribution in [1.82, 2.24) is 4.90 Å². The second-order valence-electron chi connectivity index (χ2n) is 7.47. The van der Waals surface area contributed by atoms with Gasteiger partial charge in [-0.1, -0.05) is 6.07 Å². The summed E-state index contributed by atoms with van der Waals surface area (Å²) in [7, 11) is 1.52. The molecule has 0 saturated heterocycles. The maximum atomic E-state index is 13.2. The fraction of sp³-hybridized carbons (Fsp3) is 0.304. The minimum atomic E-state index is -0.443. The van der Waals surface area contributed by atoms with Gasteiger partial charge in [0.15, 0.2) is 6.61 Å². The molecule has 1 heterocycles. The Bertz CT molecular complexity index is 1090. The van der Waals surface area contributed by atoms with Gasteiger partial charge in [0.1, 0.15) is 22.9 Å². The fourth-order valence-electron chi connectivity index (χ4n) is 3.66. The van der Waals surface area contributed by atoms with Gasteiger partial charge in [-0.15, -0.1) is 0 Å². The Kier molecular flexibility index (Phi) is 5.70. The summed E-state index contributed by atoms with van der Waals surface area (Å²) in [5, 5.41) is 3.60. The molecule has 30 heavy (non-hydrogen) atoms. The maximum Gasteiger partial charge on any atom is 0.260 e. The first kappa shape index (κ1) is 19.9. The number of nitrogens with one attached hydrogen (secondary N) is 1. The summed E-state index contributed by atoms with van der Waals surface area (Å²) in [5.41, 5.74) is 2.42. The van der Waals surface area contributed by atoms with E-state index in [9.17, 15) is 14.0 Å². The number of fused-ring (bicyclic) bond motifs is 3. The molecule has 1 aliphatic carbocycles. The van der Waals surface area contributed by atoms with Crippen LogP contribution in [-0.2, 0) is 22.4 Å². The van der Waals surface area contributed by atoms with Gasteiger partial charge < -0.3 is 19.4 Å². The standard InChI is InChI=1S/C23H23FN2O4/c1-26(13-22(27)25-16-6-4-5-15(24)11-16)23(28)14-29-17-9-10-21-19(12-17)18-7-2-3-8-20(18)30-21/h4-6,9-12H,2-3,7-8,13-14H2,1H3,(H,25,27). The van der Waals surface area contributed by atoms with Gasteiger partial charge in [-0.3, -0.25) is 9.59 Å². The molecule has 1 N–H and O–H groups in total. The van der Waals surface area contributed by atoms with Gasteiger partial charge in [-0.2, -0.15) is 0 Å². The van der Waals surface area contributed by atoms with Crippen LogP contribution in [0.5, 0.6) is 5.75 Å². The number of likely N-dealkylation sites (N-methyl/N-ethyl adjacent to an activating group) is 1. The second-order valence-corrected chi connectivity index (χ2v) is 7.47. The second kappa shape index (κ2) is 8.57. The zero-order valence-corrected chi connectivity index (χ0v) is 16.7. The number of carbonyl (C=O) groups excluding carboxylic acids is 2. The minimum absolute atomic E-state index is 0.160. The third-order valence-corrected chi connectivity index (χ3v) is 5.20. The molecule has 0 fully saturated rings. The number of amides is 2. The summed E-state index contributed by atoms with van der Waals surface area (Å²) in [6.45, 7) is -0.345. The van der Waals surface area contributed by atoms with Gasteiger partial charge in [-0.05, 0) is 55.7 Å². The molecule has 0 radical (unpaired) electrons. The lowest BCUT2D eigenvalue weighted by Crippen LogP contribution is -2.37. The van der Waals surface area contributed by atoms with E-state index >= 15 is 0 Å². The van der Waals surface area contributed by atoms with Crippen molar-refractivity contribution in [2.75, 3.05) is 25.5 Å². The summed E-state index contributed by atoms with van der Waals surface area (Å²) in [6.07, 6.45) is 4.24. The topological polar surface area (TPSA) is 71.8 Å². The summed E-state index contributed by atoms with van der Waals surface area (Å²) in [6, 6.07) is 11.1. The molecule has 0 spiro atoms. The molecule has 1 aromatic heterocycles. The Morgan fingerprint density at radius 1 is 1.17 bits per heavy atom. The fourth-order valence-corrected chi connectivity index (χ4v) is 3.66. The lowest BCUT2D eigenvalue weighted by atomic mass is 9.96. The van der Waals surface area contributed by atoms with Crippen LogP contribution >= 0.6 is 0 Å². The highest BCUT2D eigenvalue weighted by Crippen LogP contribution is 2.33. The molecular weight excluding hydrogens is 387 g/mol. The van der Waals surface area contributed by atoms with Crippen molar-refractivity contribution in [3.05, 3.63) is 59.6 Å². The van der Waals surface area contributed by atoms with Crippen molar-refractivity contribution in [1.29, 1.82) is 0 Å². The van der Waals surface area contributed by atoms with Crippen LogP contribution < -0.4 is 10.1 Å². The van der Waals surface area contributed by atoms with Crippen LogP contribution in [0.15, 0.2) is 46.9 Å². The SMILES string of the molecule is CN(CC(=O)Nc1cccc(F)c1)C(=O)COc1ccc2oc3c(c2c1)CCCC3. The molecular formula is C23H23FN2O4. The minimum Gasteiger partial charge on any atom is -0.484 e. The van der Waals surface area contributed by atoms with Crippen molar-refractivity contribution in [3.63, 3.8) is 0 Å². The number of nitrogens with zero attached hydrogens (tertiary/aromatic N) is 1. The Hall–Kier alpha value is -3.35. The summed E-state index contributed by atoms with van der Waals surface area (Å²) in [5.74, 6) is 0.444. The van der Waals surface area contributed by atoms with Crippen LogP contribution in [0.3, 0.4) is 0 Å². The van der Waals surface area contributed by atoms with E-state index in [2.05, 4.69) is 5.32 Å². The zero-order chi connectivity index (χ0) is 21.1. The highest BCUT2D eigenvalue weighted by atomic mass is 19.1. The molecule has 3 aromatic rings. The first-order chi connectivity index (χ1) is 14.5. The van der Waals surface area contributed by atoms with E-state index in [1.807, 2.05) is 12.1 Å². The van der Waals surface area contributed by atoms with E-state index in [4.69, 9.17) is 9.15 Å². The normalized spacial score (nSPS) is 13.0. The van der Waals surface area contributed by atoms with Crippen molar-refractivity contribution >= 4 is 28.5 Å². The molecule has 2 amide bonds. The predicted molar refractivity (Wildman–Crippen MR) is 111 cm³/mol. The quantitative estimate of drug-likeness (QED) is 0.669. The first-order valence-corrected chi connectivity index (χ1v) is 9.96. The summed E-state index contributed by atoms with van der Waals surface area (Å²) >= 11 is 0. The van der Waals surface area contributed by atoms with E-state index in [0.29, 0.717) is 11.4 Å². The average molecular weight is 410 g/mol.